The van der Waals surface area contributed by atoms with Crippen molar-refractivity contribution in [1.82, 2.24) is 4.90 Å². The third-order valence-electron chi connectivity index (χ3n) is 5.26. The van der Waals surface area contributed by atoms with Crippen LogP contribution in [0.3, 0.4) is 0 Å². The maximum absolute atomic E-state index is 12.7. The molecule has 2 aromatic rings. The molecule has 0 unspecified atom stereocenters. The molecule has 5 nitrogen and oxygen atoms in total. The number of amides is 1. The Morgan fingerprint density at radius 3 is 2.10 bits per heavy atom. The van der Waals surface area contributed by atoms with Crippen LogP contribution in [0.2, 0.25) is 0 Å². The summed E-state index contributed by atoms with van der Waals surface area (Å²) in [7, 11) is 1.57. The highest BCUT2D eigenvalue weighted by molar-refractivity contribution is 5.82. The number of fused-ring (bicyclic) bond motifs is 3. The van der Waals surface area contributed by atoms with Gasteiger partial charge in [-0.3, -0.25) is 4.90 Å². The lowest BCUT2D eigenvalue weighted by Gasteiger charge is -2.29. The van der Waals surface area contributed by atoms with Gasteiger partial charge in [-0.15, -0.1) is 0 Å². The first-order valence-electron chi connectivity index (χ1n) is 9.81. The Balaban J connectivity index is 1.73. The quantitative estimate of drug-likeness (QED) is 0.509. The average molecular weight is 393 g/mol. The second kappa shape index (κ2) is 8.95. The lowest BCUT2D eigenvalue weighted by Crippen LogP contribution is -2.47. The van der Waals surface area contributed by atoms with Crippen molar-refractivity contribution < 1.29 is 19.1 Å². The maximum Gasteiger partial charge on any atom is 0.410 e. The fourth-order valence-corrected chi connectivity index (χ4v) is 3.91. The Bertz CT molecular complexity index is 860. The van der Waals surface area contributed by atoms with E-state index in [1.807, 2.05) is 38.1 Å². The molecule has 0 aromatic heterocycles. The molecule has 152 valence electrons. The molecule has 1 amide bonds. The van der Waals surface area contributed by atoms with E-state index in [0.29, 0.717) is 0 Å². The van der Waals surface area contributed by atoms with E-state index >= 15 is 0 Å². The van der Waals surface area contributed by atoms with Crippen LogP contribution in [0, 0.1) is 5.92 Å². The fraction of sp³-hybridized carbons (Fsp3) is 0.333. The highest BCUT2D eigenvalue weighted by Crippen LogP contribution is 2.44. The molecule has 0 saturated heterocycles. The van der Waals surface area contributed by atoms with Gasteiger partial charge in [0.2, 0.25) is 0 Å². The number of nitrogens with zero attached hydrogens (tertiary/aromatic N) is 1. The Morgan fingerprint density at radius 1 is 1.03 bits per heavy atom. The van der Waals surface area contributed by atoms with Crippen molar-refractivity contribution in [1.29, 1.82) is 0 Å². The fourth-order valence-electron chi connectivity index (χ4n) is 3.91. The summed E-state index contributed by atoms with van der Waals surface area (Å²) in [6, 6.07) is 15.6. The second-order valence-corrected chi connectivity index (χ2v) is 7.52. The Kier molecular flexibility index (Phi) is 6.37. The van der Waals surface area contributed by atoms with Crippen LogP contribution in [-0.2, 0) is 14.3 Å². The molecule has 1 atom stereocenters. The molecule has 0 bridgehead atoms. The topological polar surface area (TPSA) is 55.8 Å². The van der Waals surface area contributed by atoms with Gasteiger partial charge in [0.25, 0.3) is 0 Å². The summed E-state index contributed by atoms with van der Waals surface area (Å²) in [4.78, 5) is 26.4. The molecule has 0 saturated carbocycles. The molecule has 3 rings (SSSR count). The van der Waals surface area contributed by atoms with Gasteiger partial charge in [0.15, 0.2) is 0 Å². The van der Waals surface area contributed by atoms with Crippen molar-refractivity contribution in [3.8, 4) is 11.1 Å². The molecular formula is C24H27NO4. The molecule has 0 aliphatic heterocycles. The van der Waals surface area contributed by atoms with Crippen LogP contribution in [0.5, 0.6) is 0 Å². The molecule has 2 aromatic carbocycles. The van der Waals surface area contributed by atoms with Crippen molar-refractivity contribution in [2.75, 3.05) is 20.3 Å². The molecule has 0 fully saturated rings. The number of rotatable bonds is 7. The first kappa shape index (κ1) is 20.6. The lowest BCUT2D eigenvalue weighted by molar-refractivity contribution is -0.149. The second-order valence-electron chi connectivity index (χ2n) is 7.52. The number of hydrogen-bond acceptors (Lipinski definition) is 4. The normalized spacial score (nSPS) is 13.4. The number of ether oxygens (including phenoxy) is 2. The highest BCUT2D eigenvalue weighted by atomic mass is 16.6. The number of carbonyl (C=O) groups excluding carboxylic acids is 2. The standard InChI is InChI=1S/C24H27NO4/c1-5-14-28-23(26)22(16(2)3)25(4)24(27)29-15-21-19-12-8-6-10-17(19)18-11-7-9-13-20(18)21/h5-13,16,21-22H,1,14-15H2,2-4H3/t22-/m0/s1. The van der Waals surface area contributed by atoms with Crippen molar-refractivity contribution >= 4 is 12.1 Å². The van der Waals surface area contributed by atoms with Crippen LogP contribution in [-0.4, -0.2) is 43.3 Å². The predicted molar refractivity (Wildman–Crippen MR) is 113 cm³/mol. The minimum absolute atomic E-state index is 0.0232. The summed E-state index contributed by atoms with van der Waals surface area (Å²) in [6.45, 7) is 7.60. The van der Waals surface area contributed by atoms with E-state index < -0.39 is 18.1 Å². The molecule has 1 aliphatic rings. The van der Waals surface area contributed by atoms with Crippen molar-refractivity contribution in [3.63, 3.8) is 0 Å². The van der Waals surface area contributed by atoms with Gasteiger partial charge in [-0.25, -0.2) is 9.59 Å². The van der Waals surface area contributed by atoms with E-state index in [1.54, 1.807) is 7.05 Å². The van der Waals surface area contributed by atoms with E-state index in [9.17, 15) is 9.59 Å². The number of benzene rings is 2. The average Bonchev–Trinajstić information content (AvgIpc) is 3.04. The van der Waals surface area contributed by atoms with E-state index in [1.165, 1.54) is 22.1 Å². The van der Waals surface area contributed by atoms with Crippen LogP contribution in [0.4, 0.5) is 4.79 Å². The highest BCUT2D eigenvalue weighted by Gasteiger charge is 2.34. The SMILES string of the molecule is C=CCOC(=O)[C@H](C(C)C)N(C)C(=O)OCC1c2ccccc2-c2ccccc21. The minimum atomic E-state index is -0.717. The predicted octanol–water partition coefficient (Wildman–Crippen LogP) is 4.62. The lowest BCUT2D eigenvalue weighted by atomic mass is 9.98. The van der Waals surface area contributed by atoms with Crippen molar-refractivity contribution in [2.24, 2.45) is 5.92 Å². The van der Waals surface area contributed by atoms with Crippen LogP contribution < -0.4 is 0 Å². The molecule has 0 spiro atoms. The first-order valence-corrected chi connectivity index (χ1v) is 9.81. The van der Waals surface area contributed by atoms with Crippen LogP contribution >= 0.6 is 0 Å². The van der Waals surface area contributed by atoms with Crippen molar-refractivity contribution in [2.45, 2.75) is 25.8 Å². The zero-order valence-electron chi connectivity index (χ0n) is 17.1. The summed E-state index contributed by atoms with van der Waals surface area (Å²) < 4.78 is 10.8. The van der Waals surface area contributed by atoms with Crippen LogP contribution in [0.25, 0.3) is 11.1 Å². The van der Waals surface area contributed by atoms with E-state index in [-0.39, 0.29) is 25.0 Å². The molecule has 5 heteroatoms. The number of likely N-dealkylation sites (N-methyl/N-ethyl adjacent to an activating group) is 1. The summed E-state index contributed by atoms with van der Waals surface area (Å²) >= 11 is 0. The smallest absolute Gasteiger partial charge is 0.410 e. The van der Waals surface area contributed by atoms with Gasteiger partial charge in [0.05, 0.1) is 0 Å². The monoisotopic (exact) mass is 393 g/mol. The Hall–Kier alpha value is -3.08. The maximum atomic E-state index is 12.7. The van der Waals surface area contributed by atoms with Gasteiger partial charge in [0.1, 0.15) is 19.3 Å². The summed E-state index contributed by atoms with van der Waals surface area (Å²) in [5.41, 5.74) is 4.64. The van der Waals surface area contributed by atoms with Gasteiger partial charge in [-0.1, -0.05) is 75.0 Å². The van der Waals surface area contributed by atoms with Gasteiger partial charge >= 0.3 is 12.1 Å². The summed E-state index contributed by atoms with van der Waals surface area (Å²) in [5, 5.41) is 0. The largest absolute Gasteiger partial charge is 0.460 e. The molecular weight excluding hydrogens is 366 g/mol. The van der Waals surface area contributed by atoms with Crippen LogP contribution in [0.1, 0.15) is 30.9 Å². The van der Waals surface area contributed by atoms with Gasteiger partial charge in [-0.2, -0.15) is 0 Å². The van der Waals surface area contributed by atoms with Crippen LogP contribution in [0.15, 0.2) is 61.2 Å². The summed E-state index contributed by atoms with van der Waals surface area (Å²) in [5.74, 6) is -0.598. The molecule has 29 heavy (non-hydrogen) atoms. The Morgan fingerprint density at radius 2 is 1.59 bits per heavy atom. The number of hydrogen-bond donors (Lipinski definition) is 0. The zero-order chi connectivity index (χ0) is 21.0. The van der Waals surface area contributed by atoms with Crippen molar-refractivity contribution in [3.05, 3.63) is 72.3 Å². The van der Waals surface area contributed by atoms with Gasteiger partial charge < -0.3 is 9.47 Å². The molecule has 0 heterocycles. The molecule has 1 aliphatic carbocycles. The summed E-state index contributed by atoms with van der Waals surface area (Å²) in [6.07, 6.45) is 0.962. The molecule has 0 radical (unpaired) electrons. The van der Waals surface area contributed by atoms with E-state index in [4.69, 9.17) is 9.47 Å². The minimum Gasteiger partial charge on any atom is -0.460 e. The number of carbonyl (C=O) groups is 2. The van der Waals surface area contributed by atoms with E-state index in [0.717, 1.165) is 11.1 Å². The zero-order valence-corrected chi connectivity index (χ0v) is 17.1. The van der Waals surface area contributed by atoms with Gasteiger partial charge in [0, 0.05) is 13.0 Å². The van der Waals surface area contributed by atoms with Gasteiger partial charge in [-0.05, 0) is 28.2 Å². The molecule has 0 N–H and O–H groups in total. The Labute approximate surface area is 171 Å². The third kappa shape index (κ3) is 4.19. The third-order valence-corrected chi connectivity index (χ3v) is 5.26. The number of esters is 1. The first-order chi connectivity index (χ1) is 14.0. The van der Waals surface area contributed by atoms with E-state index in [2.05, 4.69) is 30.8 Å².